The molecule has 1 aliphatic rings. The molecule has 0 aromatic heterocycles. The van der Waals surface area contributed by atoms with Crippen LogP contribution in [0.1, 0.15) is 13.8 Å². The molecule has 0 spiro atoms. The molecule has 0 unspecified atom stereocenters. The van der Waals surface area contributed by atoms with Crippen LogP contribution in [-0.4, -0.2) is 57.3 Å². The highest BCUT2D eigenvalue weighted by Crippen LogP contribution is 2.22. The average Bonchev–Trinajstić information content (AvgIpc) is 2.48. The van der Waals surface area contributed by atoms with Crippen molar-refractivity contribution in [1.29, 1.82) is 0 Å². The van der Waals surface area contributed by atoms with Gasteiger partial charge in [0.1, 0.15) is 5.75 Å². The van der Waals surface area contributed by atoms with E-state index in [1.165, 1.54) is 5.69 Å². The van der Waals surface area contributed by atoms with Crippen LogP contribution in [0, 0.1) is 0 Å². The molecule has 4 nitrogen and oxygen atoms in total. The van der Waals surface area contributed by atoms with Crippen LogP contribution >= 0.6 is 0 Å². The van der Waals surface area contributed by atoms with Crippen LogP contribution in [0.25, 0.3) is 0 Å². The summed E-state index contributed by atoms with van der Waals surface area (Å²) in [4.78, 5) is 4.97. The van der Waals surface area contributed by atoms with Gasteiger partial charge in [-0.3, -0.25) is 4.90 Å². The first kappa shape index (κ1) is 15.1. The maximum atomic E-state index is 5.30. The van der Waals surface area contributed by atoms with Gasteiger partial charge in [-0.25, -0.2) is 0 Å². The van der Waals surface area contributed by atoms with Gasteiger partial charge >= 0.3 is 0 Å². The summed E-state index contributed by atoms with van der Waals surface area (Å²) in [7, 11) is 3.75. The van der Waals surface area contributed by atoms with Crippen LogP contribution in [0.3, 0.4) is 0 Å². The van der Waals surface area contributed by atoms with Crippen molar-refractivity contribution in [1.82, 2.24) is 10.2 Å². The Morgan fingerprint density at radius 3 is 2.50 bits per heavy atom. The van der Waals surface area contributed by atoms with Crippen LogP contribution < -0.4 is 15.0 Å². The van der Waals surface area contributed by atoms with Crippen molar-refractivity contribution >= 4 is 5.69 Å². The minimum atomic E-state index is 0.179. The number of rotatable bonds is 5. The molecule has 0 saturated carbocycles. The van der Waals surface area contributed by atoms with E-state index in [9.17, 15) is 0 Å². The Balaban J connectivity index is 1.90. The zero-order chi connectivity index (χ0) is 14.6. The maximum Gasteiger partial charge on any atom is 0.120 e. The van der Waals surface area contributed by atoms with E-state index in [0.29, 0.717) is 0 Å². The first-order chi connectivity index (χ1) is 9.54. The number of methoxy groups -OCH3 is 1. The standard InChI is InChI=1S/C16H27N3O/c1-16(2,17-3)13-18-8-10-19(11-9-18)14-6-5-7-15(12-14)20-4/h5-7,12,17H,8-11,13H2,1-4H3. The molecule has 0 atom stereocenters. The van der Waals surface area contributed by atoms with Gasteiger partial charge in [0, 0.05) is 50.0 Å². The van der Waals surface area contributed by atoms with Gasteiger partial charge in [0.15, 0.2) is 0 Å². The molecule has 1 fully saturated rings. The second-order valence-electron chi connectivity index (χ2n) is 6.10. The SMILES string of the molecule is CNC(C)(C)CN1CCN(c2cccc(OC)c2)CC1. The largest absolute Gasteiger partial charge is 0.497 e. The minimum Gasteiger partial charge on any atom is -0.497 e. The first-order valence-electron chi connectivity index (χ1n) is 7.34. The van der Waals surface area contributed by atoms with E-state index >= 15 is 0 Å². The minimum absolute atomic E-state index is 0.179. The monoisotopic (exact) mass is 277 g/mol. The Kier molecular flexibility index (Phi) is 4.89. The number of nitrogens with zero attached hydrogens (tertiary/aromatic N) is 2. The van der Waals surface area contributed by atoms with Gasteiger partial charge in [-0.2, -0.15) is 0 Å². The quantitative estimate of drug-likeness (QED) is 0.888. The van der Waals surface area contributed by atoms with Gasteiger partial charge in [0.25, 0.3) is 0 Å². The fourth-order valence-corrected chi connectivity index (χ4v) is 2.61. The number of ether oxygens (including phenoxy) is 1. The van der Waals surface area contributed by atoms with Crippen LogP contribution in [0.2, 0.25) is 0 Å². The number of likely N-dealkylation sites (N-methyl/N-ethyl adjacent to an activating group) is 1. The smallest absolute Gasteiger partial charge is 0.120 e. The molecule has 1 aromatic carbocycles. The molecule has 20 heavy (non-hydrogen) atoms. The summed E-state index contributed by atoms with van der Waals surface area (Å²) in [5, 5.41) is 3.37. The molecule has 4 heteroatoms. The zero-order valence-corrected chi connectivity index (χ0v) is 13.1. The van der Waals surface area contributed by atoms with E-state index in [1.807, 2.05) is 13.1 Å². The van der Waals surface area contributed by atoms with Crippen LogP contribution in [0.4, 0.5) is 5.69 Å². The lowest BCUT2D eigenvalue weighted by Gasteiger charge is -2.39. The summed E-state index contributed by atoms with van der Waals surface area (Å²) in [6.45, 7) is 9.98. The van der Waals surface area contributed by atoms with Crippen molar-refractivity contribution in [3.05, 3.63) is 24.3 Å². The van der Waals surface area contributed by atoms with E-state index < -0.39 is 0 Å². The number of hydrogen-bond acceptors (Lipinski definition) is 4. The molecule has 1 aliphatic heterocycles. The molecule has 0 aliphatic carbocycles. The fourth-order valence-electron chi connectivity index (χ4n) is 2.61. The summed E-state index contributed by atoms with van der Waals surface area (Å²) in [6, 6.07) is 8.34. The molecule has 1 aromatic rings. The van der Waals surface area contributed by atoms with Crippen molar-refractivity contribution < 1.29 is 4.74 Å². The highest BCUT2D eigenvalue weighted by atomic mass is 16.5. The molecule has 1 heterocycles. The summed E-state index contributed by atoms with van der Waals surface area (Å²) in [5.41, 5.74) is 1.44. The number of hydrogen-bond donors (Lipinski definition) is 1. The van der Waals surface area contributed by atoms with Crippen molar-refractivity contribution in [3.63, 3.8) is 0 Å². The second-order valence-corrected chi connectivity index (χ2v) is 6.10. The Bertz CT molecular complexity index is 425. The highest BCUT2D eigenvalue weighted by molar-refractivity contribution is 5.51. The fraction of sp³-hybridized carbons (Fsp3) is 0.625. The van der Waals surface area contributed by atoms with Crippen molar-refractivity contribution in [2.75, 3.05) is 51.8 Å². The molecule has 112 valence electrons. The van der Waals surface area contributed by atoms with Crippen LogP contribution in [0.5, 0.6) is 5.75 Å². The third kappa shape index (κ3) is 3.87. The number of anilines is 1. The van der Waals surface area contributed by atoms with Gasteiger partial charge in [-0.1, -0.05) is 6.07 Å². The Morgan fingerprint density at radius 1 is 1.20 bits per heavy atom. The number of nitrogens with one attached hydrogen (secondary N) is 1. The molecule has 0 amide bonds. The zero-order valence-electron chi connectivity index (χ0n) is 13.1. The molecule has 0 radical (unpaired) electrons. The summed E-state index contributed by atoms with van der Waals surface area (Å²) in [6.07, 6.45) is 0. The maximum absolute atomic E-state index is 5.30. The van der Waals surface area contributed by atoms with Crippen molar-refractivity contribution in [3.8, 4) is 5.75 Å². The summed E-state index contributed by atoms with van der Waals surface area (Å²) in [5.74, 6) is 0.932. The second kappa shape index (κ2) is 6.46. The molecule has 0 bridgehead atoms. The molecular weight excluding hydrogens is 250 g/mol. The van der Waals surface area contributed by atoms with E-state index in [4.69, 9.17) is 4.74 Å². The van der Waals surface area contributed by atoms with Gasteiger partial charge in [-0.15, -0.1) is 0 Å². The lowest BCUT2D eigenvalue weighted by molar-refractivity contribution is 0.197. The average molecular weight is 277 g/mol. The number of piperazine rings is 1. The normalized spacial score (nSPS) is 17.3. The lowest BCUT2D eigenvalue weighted by Crippen LogP contribution is -2.53. The lowest BCUT2D eigenvalue weighted by atomic mass is 10.0. The van der Waals surface area contributed by atoms with E-state index in [1.54, 1.807) is 7.11 Å². The van der Waals surface area contributed by atoms with Gasteiger partial charge in [-0.05, 0) is 33.0 Å². The Labute approximate surface area is 122 Å². The third-order valence-electron chi connectivity index (χ3n) is 4.09. The van der Waals surface area contributed by atoms with E-state index in [-0.39, 0.29) is 5.54 Å². The van der Waals surface area contributed by atoms with Crippen molar-refractivity contribution in [2.24, 2.45) is 0 Å². The number of benzene rings is 1. The first-order valence-corrected chi connectivity index (χ1v) is 7.34. The predicted molar refractivity (Wildman–Crippen MR) is 84.8 cm³/mol. The summed E-state index contributed by atoms with van der Waals surface area (Å²) >= 11 is 0. The van der Waals surface area contributed by atoms with Crippen LogP contribution in [-0.2, 0) is 0 Å². The third-order valence-corrected chi connectivity index (χ3v) is 4.09. The van der Waals surface area contributed by atoms with Gasteiger partial charge in [0.05, 0.1) is 7.11 Å². The molecular formula is C16H27N3O. The van der Waals surface area contributed by atoms with Gasteiger partial charge in [0.2, 0.25) is 0 Å². The van der Waals surface area contributed by atoms with Crippen LogP contribution in [0.15, 0.2) is 24.3 Å². The molecule has 2 rings (SSSR count). The topological polar surface area (TPSA) is 27.7 Å². The summed E-state index contributed by atoms with van der Waals surface area (Å²) < 4.78 is 5.30. The molecule has 1 saturated heterocycles. The van der Waals surface area contributed by atoms with Crippen molar-refractivity contribution in [2.45, 2.75) is 19.4 Å². The highest BCUT2D eigenvalue weighted by Gasteiger charge is 2.23. The van der Waals surface area contributed by atoms with E-state index in [0.717, 1.165) is 38.5 Å². The van der Waals surface area contributed by atoms with E-state index in [2.05, 4.69) is 47.2 Å². The Morgan fingerprint density at radius 2 is 1.90 bits per heavy atom. The van der Waals surface area contributed by atoms with Gasteiger partial charge < -0.3 is 15.0 Å². The molecule has 1 N–H and O–H groups in total. The predicted octanol–water partition coefficient (Wildman–Crippen LogP) is 1.82. The Hall–Kier alpha value is -1.26.